The number of esters is 1. The van der Waals surface area contributed by atoms with Gasteiger partial charge in [0.2, 0.25) is 17.7 Å². The maximum absolute atomic E-state index is 14.1. The first-order valence-electron chi connectivity index (χ1n) is 27.0. The van der Waals surface area contributed by atoms with Gasteiger partial charge >= 0.3 is 5.97 Å². The fourth-order valence-corrected chi connectivity index (χ4v) is 11.6. The van der Waals surface area contributed by atoms with Crippen LogP contribution >= 0.6 is 11.3 Å². The minimum atomic E-state index is -0.975. The van der Waals surface area contributed by atoms with Crippen LogP contribution in [0.5, 0.6) is 0 Å². The van der Waals surface area contributed by atoms with Crippen molar-refractivity contribution < 1.29 is 57.8 Å². The van der Waals surface area contributed by atoms with Crippen LogP contribution in [-0.2, 0) is 47.6 Å². The molecule has 0 bridgehead atoms. The highest BCUT2D eigenvalue weighted by atomic mass is 32.1. The fourth-order valence-electron chi connectivity index (χ4n) is 10.8. The molecule has 418 valence electrons. The molecular weight excluding hydrogens is 993 g/mol. The Labute approximate surface area is 452 Å². The molecule has 1 aromatic heterocycles. The smallest absolute Gasteiger partial charge is 0.343 e. The van der Waals surface area contributed by atoms with Gasteiger partial charge in [0.25, 0.3) is 0 Å². The average molecular weight is 1080 g/mol. The van der Waals surface area contributed by atoms with Crippen LogP contribution in [0.4, 0.5) is 0 Å². The Kier molecular flexibility index (Phi) is 21.0. The van der Waals surface area contributed by atoms with Crippen LogP contribution in [0.3, 0.4) is 0 Å². The fraction of sp³-hybridized carbons (Fsp3) is 0.632. The number of benzene rings is 2. The molecule has 76 heavy (non-hydrogen) atoms. The summed E-state index contributed by atoms with van der Waals surface area (Å²) in [4.78, 5) is 65.4. The van der Waals surface area contributed by atoms with Crippen LogP contribution in [0.1, 0.15) is 99.4 Å². The molecule has 0 unspecified atom stereocenters. The summed E-state index contributed by atoms with van der Waals surface area (Å²) in [6.45, 7) is 24.1. The number of carbonyl (C=O) groups is 4. The summed E-state index contributed by atoms with van der Waals surface area (Å²) >= 11 is 1.58. The zero-order valence-corrected chi connectivity index (χ0v) is 46.8. The maximum Gasteiger partial charge on any atom is 0.343 e. The van der Waals surface area contributed by atoms with Crippen molar-refractivity contribution in [3.8, 4) is 10.4 Å². The lowest BCUT2D eigenvalue weighted by Gasteiger charge is -2.35. The Balaban J connectivity index is 0.690. The van der Waals surface area contributed by atoms with E-state index in [1.165, 1.54) is 4.90 Å². The van der Waals surface area contributed by atoms with E-state index < -0.39 is 47.0 Å². The van der Waals surface area contributed by atoms with Gasteiger partial charge in [0.1, 0.15) is 24.3 Å². The summed E-state index contributed by atoms with van der Waals surface area (Å²) in [5.41, 5.74) is 7.16. The Hall–Kier alpha value is -4.83. The van der Waals surface area contributed by atoms with E-state index in [1.54, 1.807) is 11.3 Å². The lowest BCUT2D eigenvalue weighted by Crippen LogP contribution is -2.58. The number of thiazole rings is 1. The number of β-amino-alcohol motifs (C(OH)–C–C–N with tert-alkyl or cyclic N) is 1. The average Bonchev–Trinajstić information content (AvgIpc) is 4.07. The predicted molar refractivity (Wildman–Crippen MR) is 290 cm³/mol. The van der Waals surface area contributed by atoms with Gasteiger partial charge in [-0.15, -0.1) is 11.3 Å². The molecule has 4 heterocycles. The molecule has 4 atom stereocenters. The summed E-state index contributed by atoms with van der Waals surface area (Å²) in [7, 11) is 0. The molecule has 2 aromatic carbocycles. The van der Waals surface area contributed by atoms with Crippen LogP contribution in [0.15, 0.2) is 47.7 Å². The highest BCUT2D eigenvalue weighted by molar-refractivity contribution is 7.13. The summed E-state index contributed by atoms with van der Waals surface area (Å²) in [5.74, 6) is -1.65. The lowest BCUT2D eigenvalue weighted by molar-refractivity contribution is -0.152. The van der Waals surface area contributed by atoms with Crippen LogP contribution in [0.2, 0.25) is 0 Å². The molecule has 3 fully saturated rings. The molecule has 3 aromatic rings. The number of piperazine rings is 1. The summed E-state index contributed by atoms with van der Waals surface area (Å²) in [5, 5.41) is 27.8. The Morgan fingerprint density at radius 2 is 1.42 bits per heavy atom. The van der Waals surface area contributed by atoms with Gasteiger partial charge < -0.3 is 54.2 Å². The minimum Gasteiger partial charge on any atom is -0.507 e. The first kappa shape index (κ1) is 58.8. The maximum atomic E-state index is 14.1. The van der Waals surface area contributed by atoms with E-state index in [0.717, 1.165) is 83.2 Å². The first-order chi connectivity index (χ1) is 36.3. The molecule has 19 heteroatoms. The molecule has 1 spiro atoms. The monoisotopic (exact) mass is 1070 g/mol. The van der Waals surface area contributed by atoms with Crippen molar-refractivity contribution in [1.29, 1.82) is 0 Å². The largest absolute Gasteiger partial charge is 0.507 e. The van der Waals surface area contributed by atoms with Gasteiger partial charge in [-0.1, -0.05) is 62.7 Å². The highest BCUT2D eigenvalue weighted by Crippen LogP contribution is 2.47. The van der Waals surface area contributed by atoms with E-state index in [9.17, 15) is 29.4 Å². The van der Waals surface area contributed by atoms with Gasteiger partial charge in [-0.3, -0.25) is 24.2 Å². The Bertz CT molecular complexity index is 2440. The van der Waals surface area contributed by atoms with E-state index in [4.69, 9.17) is 28.4 Å². The number of aromatic nitrogens is 1. The molecule has 18 nitrogen and oxygen atoms in total. The first-order valence-corrected chi connectivity index (χ1v) is 27.9. The molecule has 1 saturated carbocycles. The standard InChI is InChI=1S/C57H82N6O12S/c1-37-31-38(2)48(39(3)32-37)49-52(66)57(75-55(49)69)15-13-45(14-16-57)74-30-29-72-26-25-70-23-21-61-17-19-62(20-18-61)22-24-71-27-28-73-35-47(65)60-51(56(6,7)8)54(68)63-34-44(64)33-46(63)53(67)59-40(4)42-9-11-43(12-10-42)50-41(5)58-36-76-50/h9-12,31-32,36,40,44-46,51,64,66H,13-30,33-35H2,1-8H3,(H,59,67)(H,60,65)/t40-,44+,45?,46-,51+,57?/m0/s1. The van der Waals surface area contributed by atoms with Crippen LogP contribution in [-0.4, -0.2) is 189 Å². The van der Waals surface area contributed by atoms with E-state index in [-0.39, 0.29) is 50.0 Å². The molecular formula is C57H82N6O12S. The topological polar surface area (TPSA) is 211 Å². The summed E-state index contributed by atoms with van der Waals surface area (Å²) < 4.78 is 35.0. The molecule has 1 aliphatic carbocycles. The van der Waals surface area contributed by atoms with E-state index in [0.29, 0.717) is 77.5 Å². The second-order valence-electron chi connectivity index (χ2n) is 21.9. The second-order valence-corrected chi connectivity index (χ2v) is 22.8. The number of carbonyl (C=O) groups excluding carboxylic acids is 4. The van der Waals surface area contributed by atoms with Crippen molar-refractivity contribution in [3.05, 3.63) is 81.2 Å². The number of nitrogens with zero attached hydrogens (tertiary/aromatic N) is 4. The molecule has 3 amide bonds. The third-order valence-electron chi connectivity index (χ3n) is 15.0. The van der Waals surface area contributed by atoms with Crippen molar-refractivity contribution >= 4 is 40.6 Å². The van der Waals surface area contributed by atoms with E-state index in [2.05, 4.69) is 25.4 Å². The predicted octanol–water partition coefficient (Wildman–Crippen LogP) is 5.62. The highest BCUT2D eigenvalue weighted by Gasteiger charge is 2.51. The van der Waals surface area contributed by atoms with Crippen molar-refractivity contribution in [2.75, 3.05) is 105 Å². The zero-order valence-electron chi connectivity index (χ0n) is 46.0. The number of aryl methyl sites for hydroxylation is 4. The Morgan fingerprint density at radius 1 is 0.842 bits per heavy atom. The van der Waals surface area contributed by atoms with Gasteiger partial charge in [-0.25, -0.2) is 9.78 Å². The van der Waals surface area contributed by atoms with Gasteiger partial charge in [0, 0.05) is 52.2 Å². The molecule has 0 radical (unpaired) electrons. The van der Waals surface area contributed by atoms with Gasteiger partial charge in [0.05, 0.1) is 87.2 Å². The number of hydrogen-bond donors (Lipinski definition) is 4. The van der Waals surface area contributed by atoms with Crippen LogP contribution < -0.4 is 10.6 Å². The number of hydrogen-bond acceptors (Lipinski definition) is 16. The summed E-state index contributed by atoms with van der Waals surface area (Å²) in [6, 6.07) is 9.80. The Morgan fingerprint density at radius 3 is 2.00 bits per heavy atom. The third kappa shape index (κ3) is 15.5. The minimum absolute atomic E-state index is 0.0118. The van der Waals surface area contributed by atoms with Crippen molar-refractivity contribution in [2.45, 2.75) is 123 Å². The SMILES string of the molecule is Cc1cc(C)c(C2=C(O)C3(CCC(OCCOCCOCCN4CCN(CCOCCOCC(=O)N[C@H](C(=O)N5C[C@H](O)C[C@H]5C(=O)N[C@@H](C)c5ccc(-c6scnc6C)cc5)C(C)(C)C)CC4)CC3)OC2=O)c(C)c1. The van der Waals surface area contributed by atoms with Crippen molar-refractivity contribution in [1.82, 2.24) is 30.3 Å². The van der Waals surface area contributed by atoms with E-state index in [1.807, 2.05) is 97.3 Å². The number of aliphatic hydroxyl groups excluding tert-OH is 2. The number of nitrogens with one attached hydrogen (secondary N) is 2. The quantitative estimate of drug-likeness (QED) is 0.0600. The van der Waals surface area contributed by atoms with Crippen LogP contribution in [0, 0.1) is 33.1 Å². The number of aliphatic hydroxyl groups is 2. The summed E-state index contributed by atoms with van der Waals surface area (Å²) in [6.07, 6.45) is 1.64. The molecule has 4 aliphatic rings. The molecule has 4 N–H and O–H groups in total. The molecule has 7 rings (SSSR count). The van der Waals surface area contributed by atoms with Crippen molar-refractivity contribution in [2.24, 2.45) is 5.41 Å². The second kappa shape index (κ2) is 27.2. The zero-order chi connectivity index (χ0) is 54.6. The van der Waals surface area contributed by atoms with Gasteiger partial charge in [-0.05, 0) is 93.5 Å². The number of likely N-dealkylation sites (tertiary alicyclic amines) is 1. The molecule has 2 saturated heterocycles. The van der Waals surface area contributed by atoms with Crippen molar-refractivity contribution in [3.63, 3.8) is 0 Å². The third-order valence-corrected chi connectivity index (χ3v) is 16.0. The lowest BCUT2D eigenvalue weighted by atomic mass is 9.80. The van der Waals surface area contributed by atoms with E-state index >= 15 is 0 Å². The number of ether oxygens (including phenoxy) is 6. The number of amides is 3. The van der Waals surface area contributed by atoms with Crippen LogP contribution in [0.25, 0.3) is 16.0 Å². The normalized spacial score (nSPS) is 22.3. The molecule has 3 aliphatic heterocycles. The van der Waals surface area contributed by atoms with Gasteiger partial charge in [0.15, 0.2) is 11.4 Å². The number of rotatable bonds is 25. The van der Waals surface area contributed by atoms with Gasteiger partial charge in [-0.2, -0.15) is 0 Å².